The van der Waals surface area contributed by atoms with E-state index in [2.05, 4.69) is 4.90 Å². The SMILES string of the molecule is CN(c1ccc(C#N)c(F)c1)C1CCCCC1. The number of rotatable bonds is 2. The molecule has 0 spiro atoms. The van der Waals surface area contributed by atoms with Crippen LogP contribution in [0.1, 0.15) is 37.7 Å². The summed E-state index contributed by atoms with van der Waals surface area (Å²) in [6.45, 7) is 0. The molecule has 1 fully saturated rings. The van der Waals surface area contributed by atoms with Crippen LogP contribution in [0, 0.1) is 17.1 Å². The molecule has 0 saturated heterocycles. The molecule has 1 aromatic carbocycles. The first-order valence-electron chi connectivity index (χ1n) is 6.15. The zero-order valence-corrected chi connectivity index (χ0v) is 10.1. The van der Waals surface area contributed by atoms with Crippen molar-refractivity contribution in [1.82, 2.24) is 0 Å². The lowest BCUT2D eigenvalue weighted by Gasteiger charge is -2.33. The quantitative estimate of drug-likeness (QED) is 0.780. The van der Waals surface area contributed by atoms with E-state index in [4.69, 9.17) is 5.26 Å². The van der Waals surface area contributed by atoms with Gasteiger partial charge in [-0.1, -0.05) is 19.3 Å². The average molecular weight is 232 g/mol. The zero-order chi connectivity index (χ0) is 12.3. The summed E-state index contributed by atoms with van der Waals surface area (Å²) in [5, 5.41) is 8.69. The summed E-state index contributed by atoms with van der Waals surface area (Å²) < 4.78 is 13.5. The van der Waals surface area contributed by atoms with Crippen molar-refractivity contribution in [3.8, 4) is 6.07 Å². The highest BCUT2D eigenvalue weighted by Gasteiger charge is 2.18. The van der Waals surface area contributed by atoms with Gasteiger partial charge >= 0.3 is 0 Å². The Bertz CT molecular complexity index is 430. The van der Waals surface area contributed by atoms with Crippen LogP contribution in [0.15, 0.2) is 18.2 Å². The van der Waals surface area contributed by atoms with E-state index in [1.54, 1.807) is 6.07 Å². The van der Waals surface area contributed by atoms with Gasteiger partial charge in [-0.3, -0.25) is 0 Å². The maximum atomic E-state index is 13.5. The fraction of sp³-hybridized carbons (Fsp3) is 0.500. The second-order valence-corrected chi connectivity index (χ2v) is 4.68. The van der Waals surface area contributed by atoms with E-state index in [0.717, 1.165) is 5.69 Å². The predicted octanol–water partition coefficient (Wildman–Crippen LogP) is 3.47. The van der Waals surface area contributed by atoms with Crippen molar-refractivity contribution in [1.29, 1.82) is 5.26 Å². The lowest BCUT2D eigenvalue weighted by atomic mass is 9.94. The molecule has 1 aliphatic rings. The topological polar surface area (TPSA) is 27.0 Å². The monoisotopic (exact) mass is 232 g/mol. The molecule has 0 bridgehead atoms. The first-order chi connectivity index (χ1) is 8.22. The minimum atomic E-state index is -0.423. The fourth-order valence-electron chi connectivity index (χ4n) is 2.49. The Kier molecular flexibility index (Phi) is 3.63. The Labute approximate surface area is 102 Å². The maximum Gasteiger partial charge on any atom is 0.143 e. The Balaban J connectivity index is 2.16. The smallest absolute Gasteiger partial charge is 0.143 e. The number of hydrogen-bond acceptors (Lipinski definition) is 2. The lowest BCUT2D eigenvalue weighted by Crippen LogP contribution is -2.33. The lowest BCUT2D eigenvalue weighted by molar-refractivity contribution is 0.427. The number of halogens is 1. The van der Waals surface area contributed by atoms with Crippen molar-refractivity contribution in [2.24, 2.45) is 0 Å². The first kappa shape index (κ1) is 11.9. The molecule has 3 heteroatoms. The zero-order valence-electron chi connectivity index (χ0n) is 10.1. The van der Waals surface area contributed by atoms with Gasteiger partial charge in [0.1, 0.15) is 11.9 Å². The van der Waals surface area contributed by atoms with E-state index in [1.165, 1.54) is 38.2 Å². The standard InChI is InChI=1S/C14H17FN2/c1-17(12-5-3-2-4-6-12)13-8-7-11(10-16)14(15)9-13/h7-9,12H,2-6H2,1H3. The Hall–Kier alpha value is -1.56. The number of benzene rings is 1. The molecule has 90 valence electrons. The third-order valence-electron chi connectivity index (χ3n) is 3.60. The van der Waals surface area contributed by atoms with Gasteiger partial charge in [0.2, 0.25) is 0 Å². The van der Waals surface area contributed by atoms with E-state index < -0.39 is 5.82 Å². The Morgan fingerprint density at radius 3 is 2.59 bits per heavy atom. The van der Waals surface area contributed by atoms with Gasteiger partial charge in [-0.2, -0.15) is 5.26 Å². The van der Waals surface area contributed by atoms with Crippen LogP contribution >= 0.6 is 0 Å². The number of hydrogen-bond donors (Lipinski definition) is 0. The molecule has 0 aliphatic heterocycles. The van der Waals surface area contributed by atoms with E-state index in [-0.39, 0.29) is 5.56 Å². The third-order valence-corrected chi connectivity index (χ3v) is 3.60. The Morgan fingerprint density at radius 2 is 2.00 bits per heavy atom. The third kappa shape index (κ3) is 2.58. The van der Waals surface area contributed by atoms with Crippen LogP contribution in [0.4, 0.5) is 10.1 Å². The minimum Gasteiger partial charge on any atom is -0.372 e. The highest BCUT2D eigenvalue weighted by atomic mass is 19.1. The second-order valence-electron chi connectivity index (χ2n) is 4.68. The second kappa shape index (κ2) is 5.18. The minimum absolute atomic E-state index is 0.116. The van der Waals surface area contributed by atoms with Crippen LogP contribution < -0.4 is 4.90 Å². The molecular formula is C14H17FN2. The van der Waals surface area contributed by atoms with E-state index in [9.17, 15) is 4.39 Å². The van der Waals surface area contributed by atoms with Crippen LogP contribution in [-0.4, -0.2) is 13.1 Å². The average Bonchev–Trinajstić information content (AvgIpc) is 2.39. The van der Waals surface area contributed by atoms with Crippen molar-refractivity contribution in [2.45, 2.75) is 38.1 Å². The van der Waals surface area contributed by atoms with E-state index in [0.29, 0.717) is 6.04 Å². The first-order valence-corrected chi connectivity index (χ1v) is 6.15. The van der Waals surface area contributed by atoms with E-state index >= 15 is 0 Å². The molecule has 0 atom stereocenters. The highest BCUT2D eigenvalue weighted by Crippen LogP contribution is 2.26. The molecule has 0 amide bonds. The van der Waals surface area contributed by atoms with Gasteiger partial charge in [0.15, 0.2) is 0 Å². The van der Waals surface area contributed by atoms with Gasteiger partial charge in [0.25, 0.3) is 0 Å². The Morgan fingerprint density at radius 1 is 1.29 bits per heavy atom. The van der Waals surface area contributed by atoms with Crippen LogP contribution in [-0.2, 0) is 0 Å². The molecule has 0 aromatic heterocycles. The predicted molar refractivity (Wildman–Crippen MR) is 66.4 cm³/mol. The number of anilines is 1. The molecule has 0 heterocycles. The molecule has 1 aliphatic carbocycles. The van der Waals surface area contributed by atoms with Crippen LogP contribution in [0.25, 0.3) is 0 Å². The molecular weight excluding hydrogens is 215 g/mol. The highest BCUT2D eigenvalue weighted by molar-refractivity contribution is 5.50. The summed E-state index contributed by atoms with van der Waals surface area (Å²) in [5.74, 6) is -0.423. The summed E-state index contributed by atoms with van der Waals surface area (Å²) in [4.78, 5) is 2.14. The number of nitriles is 1. The van der Waals surface area contributed by atoms with Crippen LogP contribution in [0.2, 0.25) is 0 Å². The molecule has 2 rings (SSSR count). The van der Waals surface area contributed by atoms with Crippen molar-refractivity contribution in [3.05, 3.63) is 29.6 Å². The van der Waals surface area contributed by atoms with Crippen molar-refractivity contribution in [2.75, 3.05) is 11.9 Å². The molecule has 0 radical (unpaired) electrons. The molecule has 1 aromatic rings. The van der Waals surface area contributed by atoms with Gasteiger partial charge in [0.05, 0.1) is 5.56 Å². The molecule has 0 unspecified atom stereocenters. The molecule has 2 nitrogen and oxygen atoms in total. The maximum absolute atomic E-state index is 13.5. The van der Waals surface area contributed by atoms with Gasteiger partial charge in [-0.15, -0.1) is 0 Å². The van der Waals surface area contributed by atoms with Crippen LogP contribution in [0.5, 0.6) is 0 Å². The summed E-state index contributed by atoms with van der Waals surface area (Å²) in [6.07, 6.45) is 6.18. The van der Waals surface area contributed by atoms with Crippen molar-refractivity contribution < 1.29 is 4.39 Å². The van der Waals surface area contributed by atoms with Crippen molar-refractivity contribution in [3.63, 3.8) is 0 Å². The summed E-state index contributed by atoms with van der Waals surface area (Å²) in [6, 6.07) is 7.21. The van der Waals surface area contributed by atoms with Crippen molar-refractivity contribution >= 4 is 5.69 Å². The normalized spacial score (nSPS) is 16.5. The summed E-state index contributed by atoms with van der Waals surface area (Å²) in [7, 11) is 2.01. The fourth-order valence-corrected chi connectivity index (χ4v) is 2.49. The number of nitrogens with zero attached hydrogens (tertiary/aromatic N) is 2. The van der Waals surface area contributed by atoms with E-state index in [1.807, 2.05) is 19.2 Å². The molecule has 1 saturated carbocycles. The van der Waals surface area contributed by atoms with Gasteiger partial charge < -0.3 is 4.90 Å². The van der Waals surface area contributed by atoms with Crippen LogP contribution in [0.3, 0.4) is 0 Å². The molecule has 17 heavy (non-hydrogen) atoms. The molecule has 0 N–H and O–H groups in total. The van der Waals surface area contributed by atoms with Gasteiger partial charge in [-0.05, 0) is 31.0 Å². The largest absolute Gasteiger partial charge is 0.372 e. The van der Waals surface area contributed by atoms with Gasteiger partial charge in [-0.25, -0.2) is 4.39 Å². The summed E-state index contributed by atoms with van der Waals surface area (Å²) in [5.41, 5.74) is 0.985. The van der Waals surface area contributed by atoms with Gasteiger partial charge in [0, 0.05) is 18.8 Å². The summed E-state index contributed by atoms with van der Waals surface area (Å²) >= 11 is 0.